The molecule has 4 rings (SSSR count). The Kier molecular flexibility index (Phi) is 8.87. The van der Waals surface area contributed by atoms with Gasteiger partial charge in [-0.15, -0.1) is 0 Å². The Morgan fingerprint density at radius 1 is 0.944 bits per heavy atom. The van der Waals surface area contributed by atoms with Crippen molar-refractivity contribution in [3.8, 4) is 0 Å². The highest BCUT2D eigenvalue weighted by molar-refractivity contribution is 5.76. The zero-order valence-electron chi connectivity index (χ0n) is 22.5. The fourth-order valence-electron chi connectivity index (χ4n) is 5.93. The standard InChI is InChI=1S/C32H44N2O2/c1-32(2,3)36-31(35)34-20-19-30(23-34)29-17-15-25(16-18-29)8-12-27-6-4-5-26(21-27)11-7-24-9-13-28(22-33)14-10-24/h9-10,13-18,22,26-27,30,33H,4-8,11-12,19-21,23H2,1-3H3. The highest BCUT2D eigenvalue weighted by atomic mass is 16.6. The van der Waals surface area contributed by atoms with Crippen molar-refractivity contribution in [3.05, 3.63) is 70.8 Å². The number of amides is 1. The summed E-state index contributed by atoms with van der Waals surface area (Å²) in [5.41, 5.74) is 4.73. The van der Waals surface area contributed by atoms with Gasteiger partial charge in [0.1, 0.15) is 5.60 Å². The number of rotatable bonds is 8. The molecule has 0 spiro atoms. The second-order valence-corrected chi connectivity index (χ2v) is 12.0. The van der Waals surface area contributed by atoms with Crippen molar-refractivity contribution in [3.63, 3.8) is 0 Å². The number of aryl methyl sites for hydroxylation is 2. The van der Waals surface area contributed by atoms with Crippen LogP contribution in [0.1, 0.15) is 93.9 Å². The highest BCUT2D eigenvalue weighted by Gasteiger charge is 2.30. The van der Waals surface area contributed by atoms with Crippen LogP contribution in [0.25, 0.3) is 0 Å². The molecule has 0 radical (unpaired) electrons. The predicted molar refractivity (Wildman–Crippen MR) is 148 cm³/mol. The van der Waals surface area contributed by atoms with Gasteiger partial charge in [0.05, 0.1) is 0 Å². The normalized spacial score (nSPS) is 22.4. The van der Waals surface area contributed by atoms with Gasteiger partial charge in [0.2, 0.25) is 0 Å². The topological polar surface area (TPSA) is 53.4 Å². The molecule has 2 aromatic rings. The monoisotopic (exact) mass is 488 g/mol. The fourth-order valence-corrected chi connectivity index (χ4v) is 5.93. The van der Waals surface area contributed by atoms with Crippen molar-refractivity contribution >= 4 is 12.3 Å². The minimum absolute atomic E-state index is 0.187. The van der Waals surface area contributed by atoms with Gasteiger partial charge in [0.25, 0.3) is 0 Å². The van der Waals surface area contributed by atoms with Crippen LogP contribution in [0.2, 0.25) is 0 Å². The van der Waals surface area contributed by atoms with Crippen molar-refractivity contribution in [1.29, 1.82) is 5.41 Å². The molecule has 3 atom stereocenters. The van der Waals surface area contributed by atoms with Gasteiger partial charge >= 0.3 is 6.09 Å². The second-order valence-electron chi connectivity index (χ2n) is 12.0. The van der Waals surface area contributed by atoms with E-state index in [2.05, 4.69) is 48.5 Å². The summed E-state index contributed by atoms with van der Waals surface area (Å²) in [6.45, 7) is 7.30. The lowest BCUT2D eigenvalue weighted by atomic mass is 9.77. The van der Waals surface area contributed by atoms with E-state index in [-0.39, 0.29) is 6.09 Å². The molecule has 1 heterocycles. The van der Waals surface area contributed by atoms with Crippen LogP contribution in [-0.2, 0) is 17.6 Å². The summed E-state index contributed by atoms with van der Waals surface area (Å²) in [5.74, 6) is 2.11. The van der Waals surface area contributed by atoms with Crippen LogP contribution < -0.4 is 0 Å². The molecule has 1 amide bonds. The number of carbonyl (C=O) groups excluding carboxylic acids is 1. The largest absolute Gasteiger partial charge is 0.444 e. The Bertz CT molecular complexity index is 990. The summed E-state index contributed by atoms with van der Waals surface area (Å²) >= 11 is 0. The molecular formula is C32H44N2O2. The third-order valence-corrected chi connectivity index (χ3v) is 8.01. The molecule has 194 valence electrons. The Balaban J connectivity index is 1.20. The molecule has 2 aromatic carbocycles. The van der Waals surface area contributed by atoms with Crippen molar-refractivity contribution in [2.75, 3.05) is 13.1 Å². The third kappa shape index (κ3) is 7.69. The second kappa shape index (κ2) is 12.1. The molecular weight excluding hydrogens is 444 g/mol. The number of nitrogens with one attached hydrogen (secondary N) is 1. The first kappa shape index (κ1) is 26.4. The number of likely N-dealkylation sites (tertiary alicyclic amines) is 1. The lowest BCUT2D eigenvalue weighted by molar-refractivity contribution is 0.0292. The highest BCUT2D eigenvalue weighted by Crippen LogP contribution is 2.35. The molecule has 1 saturated heterocycles. The van der Waals surface area contributed by atoms with E-state index in [0.717, 1.165) is 49.8 Å². The molecule has 3 unspecified atom stereocenters. The van der Waals surface area contributed by atoms with Crippen molar-refractivity contribution in [2.45, 2.75) is 90.1 Å². The van der Waals surface area contributed by atoms with Gasteiger partial charge in [-0.3, -0.25) is 0 Å². The minimum Gasteiger partial charge on any atom is -0.444 e. The van der Waals surface area contributed by atoms with E-state index < -0.39 is 5.60 Å². The maximum Gasteiger partial charge on any atom is 0.410 e. The Labute approximate surface area is 217 Å². The van der Waals surface area contributed by atoms with Crippen molar-refractivity contribution in [1.82, 2.24) is 4.90 Å². The van der Waals surface area contributed by atoms with Crippen LogP contribution in [-0.4, -0.2) is 35.9 Å². The van der Waals surface area contributed by atoms with Gasteiger partial charge in [-0.2, -0.15) is 0 Å². The van der Waals surface area contributed by atoms with E-state index in [9.17, 15) is 4.79 Å². The Morgan fingerprint density at radius 2 is 1.53 bits per heavy atom. The number of hydrogen-bond acceptors (Lipinski definition) is 3. The summed E-state index contributed by atoms with van der Waals surface area (Å²) in [5, 5.41) is 7.35. The molecule has 1 aliphatic carbocycles. The lowest BCUT2D eigenvalue weighted by Gasteiger charge is -2.29. The summed E-state index contributed by atoms with van der Waals surface area (Å²) in [6.07, 6.45) is 12.6. The quantitative estimate of drug-likeness (QED) is 0.386. The first-order valence-electron chi connectivity index (χ1n) is 14.0. The smallest absolute Gasteiger partial charge is 0.410 e. The zero-order chi connectivity index (χ0) is 25.5. The number of carbonyl (C=O) groups is 1. The Hall–Kier alpha value is -2.62. The molecule has 1 N–H and O–H groups in total. The van der Waals surface area contributed by atoms with Gasteiger partial charge in [-0.1, -0.05) is 67.8 Å². The average molecular weight is 489 g/mol. The van der Waals surface area contributed by atoms with Crippen LogP contribution in [0.4, 0.5) is 4.79 Å². The van der Waals surface area contributed by atoms with Gasteiger partial charge < -0.3 is 15.0 Å². The molecule has 2 fully saturated rings. The molecule has 0 bridgehead atoms. The van der Waals surface area contributed by atoms with Crippen LogP contribution in [0.5, 0.6) is 0 Å². The van der Waals surface area contributed by atoms with Crippen molar-refractivity contribution in [2.24, 2.45) is 11.8 Å². The summed E-state index contributed by atoms with van der Waals surface area (Å²) < 4.78 is 5.55. The zero-order valence-corrected chi connectivity index (χ0v) is 22.5. The van der Waals surface area contributed by atoms with Gasteiger partial charge in [0.15, 0.2) is 0 Å². The van der Waals surface area contributed by atoms with E-state index in [1.54, 1.807) is 0 Å². The Morgan fingerprint density at radius 3 is 2.08 bits per heavy atom. The van der Waals surface area contributed by atoms with Crippen LogP contribution >= 0.6 is 0 Å². The third-order valence-electron chi connectivity index (χ3n) is 8.01. The van der Waals surface area contributed by atoms with Gasteiger partial charge in [-0.25, -0.2) is 4.79 Å². The molecule has 36 heavy (non-hydrogen) atoms. The predicted octanol–water partition coefficient (Wildman–Crippen LogP) is 7.78. The average Bonchev–Trinajstić information content (AvgIpc) is 3.37. The van der Waals surface area contributed by atoms with Crippen LogP contribution in [0.3, 0.4) is 0 Å². The van der Waals surface area contributed by atoms with Crippen LogP contribution in [0, 0.1) is 17.2 Å². The number of benzene rings is 2. The summed E-state index contributed by atoms with van der Waals surface area (Å²) in [6, 6.07) is 17.7. The first-order valence-corrected chi connectivity index (χ1v) is 14.0. The number of ether oxygens (including phenoxy) is 1. The van der Waals surface area contributed by atoms with Crippen molar-refractivity contribution < 1.29 is 9.53 Å². The number of nitrogens with zero attached hydrogens (tertiary/aromatic N) is 1. The minimum atomic E-state index is -0.441. The molecule has 2 aliphatic rings. The van der Waals surface area contributed by atoms with Gasteiger partial charge in [-0.05, 0) is 93.4 Å². The molecule has 4 heteroatoms. The van der Waals surface area contributed by atoms with Gasteiger partial charge in [0, 0.05) is 25.2 Å². The molecule has 0 aromatic heterocycles. The first-order chi connectivity index (χ1) is 17.3. The maximum atomic E-state index is 12.4. The van der Waals surface area contributed by atoms with E-state index >= 15 is 0 Å². The SMILES string of the molecule is CC(C)(C)OC(=O)N1CCC(c2ccc(CCC3CCCC(CCc4ccc(C=N)cc4)C3)cc2)C1. The molecule has 4 nitrogen and oxygen atoms in total. The molecule has 1 saturated carbocycles. The van der Waals surface area contributed by atoms with E-state index in [4.69, 9.17) is 10.1 Å². The summed E-state index contributed by atoms with van der Waals surface area (Å²) in [7, 11) is 0. The van der Waals surface area contributed by atoms with E-state index in [0.29, 0.717) is 5.92 Å². The van der Waals surface area contributed by atoms with E-state index in [1.165, 1.54) is 61.4 Å². The fraction of sp³-hybridized carbons (Fsp3) is 0.562. The maximum absolute atomic E-state index is 12.4. The molecule has 1 aliphatic heterocycles. The van der Waals surface area contributed by atoms with E-state index in [1.807, 2.05) is 25.7 Å². The lowest BCUT2D eigenvalue weighted by Crippen LogP contribution is -2.35. The van der Waals surface area contributed by atoms with Crippen LogP contribution in [0.15, 0.2) is 48.5 Å². The number of hydrogen-bond donors (Lipinski definition) is 1. The summed E-state index contributed by atoms with van der Waals surface area (Å²) in [4.78, 5) is 14.2.